The van der Waals surface area contributed by atoms with E-state index in [9.17, 15) is 4.79 Å². The maximum Gasteiger partial charge on any atom is 0.272 e. The number of furan rings is 1. The van der Waals surface area contributed by atoms with Crippen LogP contribution in [-0.4, -0.2) is 25.7 Å². The maximum absolute atomic E-state index is 12.4. The number of aromatic amines is 1. The number of para-hydroxylation sites is 2. The monoisotopic (exact) mass is 349 g/mol. The Labute approximate surface area is 150 Å². The number of carbonyl (C=O) groups is 1. The fraction of sp³-hybridized carbons (Fsp3) is 0.211. The molecule has 3 heterocycles. The fourth-order valence-electron chi connectivity index (χ4n) is 3.04. The number of nitrogens with one attached hydrogen (secondary N) is 2. The lowest BCUT2D eigenvalue weighted by Crippen LogP contribution is -2.25. The summed E-state index contributed by atoms with van der Waals surface area (Å²) in [6, 6.07) is 13.5. The predicted octanol–water partition coefficient (Wildman–Crippen LogP) is 3.53. The van der Waals surface area contributed by atoms with E-state index in [1.165, 1.54) is 0 Å². The van der Waals surface area contributed by atoms with Gasteiger partial charge >= 0.3 is 0 Å². The van der Waals surface area contributed by atoms with Gasteiger partial charge in [0, 0.05) is 12.1 Å². The van der Waals surface area contributed by atoms with E-state index in [0.717, 1.165) is 16.9 Å². The quantitative estimate of drug-likeness (QED) is 0.577. The predicted molar refractivity (Wildman–Crippen MR) is 97.6 cm³/mol. The Morgan fingerprint density at radius 2 is 2.12 bits per heavy atom. The number of amides is 1. The highest BCUT2D eigenvalue weighted by Crippen LogP contribution is 2.21. The Kier molecular flexibility index (Phi) is 4.04. The van der Waals surface area contributed by atoms with Gasteiger partial charge in [-0.2, -0.15) is 5.10 Å². The first-order valence-electron chi connectivity index (χ1n) is 8.47. The van der Waals surface area contributed by atoms with Gasteiger partial charge in [0.25, 0.3) is 5.91 Å². The SMILES string of the molecule is CC(C)n1c(CNC(=O)c2cc(-c3ccco3)[nH]n2)nc2ccccc21. The Morgan fingerprint density at radius 1 is 1.27 bits per heavy atom. The van der Waals surface area contributed by atoms with E-state index in [2.05, 4.69) is 38.9 Å². The second-order valence-corrected chi connectivity index (χ2v) is 6.31. The van der Waals surface area contributed by atoms with Crippen LogP contribution >= 0.6 is 0 Å². The molecule has 2 N–H and O–H groups in total. The van der Waals surface area contributed by atoms with Gasteiger partial charge in [0.2, 0.25) is 0 Å². The van der Waals surface area contributed by atoms with E-state index in [4.69, 9.17) is 4.42 Å². The smallest absolute Gasteiger partial charge is 0.272 e. The molecule has 7 heteroatoms. The summed E-state index contributed by atoms with van der Waals surface area (Å²) >= 11 is 0. The van der Waals surface area contributed by atoms with Gasteiger partial charge in [0.1, 0.15) is 11.5 Å². The van der Waals surface area contributed by atoms with Gasteiger partial charge in [-0.05, 0) is 38.1 Å². The number of imidazole rings is 1. The molecule has 0 aliphatic carbocycles. The molecule has 4 rings (SSSR count). The summed E-state index contributed by atoms with van der Waals surface area (Å²) in [5, 5.41) is 9.77. The van der Waals surface area contributed by atoms with Crippen LogP contribution in [0.5, 0.6) is 0 Å². The molecule has 0 radical (unpaired) electrons. The molecule has 0 saturated heterocycles. The molecular weight excluding hydrogens is 330 g/mol. The highest BCUT2D eigenvalue weighted by Gasteiger charge is 2.16. The Bertz CT molecular complexity index is 1040. The third-order valence-corrected chi connectivity index (χ3v) is 4.19. The van der Waals surface area contributed by atoms with Crippen molar-refractivity contribution in [2.45, 2.75) is 26.4 Å². The molecule has 0 aliphatic heterocycles. The Hall–Kier alpha value is -3.35. The van der Waals surface area contributed by atoms with Crippen LogP contribution in [0.3, 0.4) is 0 Å². The van der Waals surface area contributed by atoms with E-state index in [-0.39, 0.29) is 11.9 Å². The first-order valence-corrected chi connectivity index (χ1v) is 8.47. The van der Waals surface area contributed by atoms with Crippen molar-refractivity contribution in [3.05, 3.63) is 60.2 Å². The topological polar surface area (TPSA) is 88.7 Å². The normalized spacial score (nSPS) is 11.3. The summed E-state index contributed by atoms with van der Waals surface area (Å²) in [6.45, 7) is 4.53. The highest BCUT2D eigenvalue weighted by molar-refractivity contribution is 5.93. The molecule has 0 fully saturated rings. The third-order valence-electron chi connectivity index (χ3n) is 4.19. The summed E-state index contributed by atoms with van der Waals surface area (Å²) < 4.78 is 7.43. The second-order valence-electron chi connectivity index (χ2n) is 6.31. The van der Waals surface area contributed by atoms with Crippen LogP contribution in [-0.2, 0) is 6.54 Å². The van der Waals surface area contributed by atoms with Crippen molar-refractivity contribution in [2.75, 3.05) is 0 Å². The molecule has 0 aliphatic rings. The summed E-state index contributed by atoms with van der Waals surface area (Å²) in [4.78, 5) is 17.1. The molecule has 7 nitrogen and oxygen atoms in total. The van der Waals surface area contributed by atoms with Crippen molar-refractivity contribution in [3.8, 4) is 11.5 Å². The third kappa shape index (κ3) is 2.88. The Morgan fingerprint density at radius 3 is 2.88 bits per heavy atom. The number of rotatable bonds is 5. The number of nitrogens with zero attached hydrogens (tertiary/aromatic N) is 3. The molecular formula is C19H19N5O2. The lowest BCUT2D eigenvalue weighted by molar-refractivity contribution is 0.0944. The minimum Gasteiger partial charge on any atom is -0.463 e. The number of fused-ring (bicyclic) bond motifs is 1. The van der Waals surface area contributed by atoms with Crippen molar-refractivity contribution in [3.63, 3.8) is 0 Å². The van der Waals surface area contributed by atoms with Crippen LogP contribution in [0, 0.1) is 0 Å². The standard InChI is InChI=1S/C19H19N5O2/c1-12(2)24-16-7-4-3-6-13(16)21-18(24)11-20-19(25)15-10-14(22-23-15)17-8-5-9-26-17/h3-10,12H,11H2,1-2H3,(H,20,25)(H,22,23). The average Bonchev–Trinajstić information content (AvgIpc) is 3.37. The van der Waals surface area contributed by atoms with Crippen LogP contribution in [0.25, 0.3) is 22.5 Å². The largest absolute Gasteiger partial charge is 0.463 e. The molecule has 4 aromatic rings. The minimum absolute atomic E-state index is 0.241. The van der Waals surface area contributed by atoms with E-state index in [1.54, 1.807) is 24.5 Å². The Balaban J connectivity index is 1.53. The maximum atomic E-state index is 12.4. The van der Waals surface area contributed by atoms with Crippen LogP contribution < -0.4 is 5.32 Å². The number of H-pyrrole nitrogens is 1. The molecule has 1 amide bonds. The molecule has 0 unspecified atom stereocenters. The number of hydrogen-bond acceptors (Lipinski definition) is 4. The van der Waals surface area contributed by atoms with Crippen LogP contribution in [0.1, 0.15) is 36.2 Å². The number of hydrogen-bond donors (Lipinski definition) is 2. The van der Waals surface area contributed by atoms with Crippen LogP contribution in [0.2, 0.25) is 0 Å². The van der Waals surface area contributed by atoms with Gasteiger partial charge in [0.15, 0.2) is 11.5 Å². The van der Waals surface area contributed by atoms with E-state index in [1.807, 2.05) is 24.3 Å². The van der Waals surface area contributed by atoms with Crippen LogP contribution in [0.4, 0.5) is 0 Å². The summed E-state index contributed by atoms with van der Waals surface area (Å²) in [6.07, 6.45) is 1.58. The van der Waals surface area contributed by atoms with Gasteiger partial charge in [-0.1, -0.05) is 12.1 Å². The van der Waals surface area contributed by atoms with Crippen molar-refractivity contribution in [2.24, 2.45) is 0 Å². The molecule has 132 valence electrons. The number of carbonyl (C=O) groups excluding carboxylic acids is 1. The fourth-order valence-corrected chi connectivity index (χ4v) is 3.04. The van der Waals surface area contributed by atoms with Crippen molar-refractivity contribution in [1.82, 2.24) is 25.1 Å². The molecule has 0 bridgehead atoms. The van der Waals surface area contributed by atoms with Crippen molar-refractivity contribution < 1.29 is 9.21 Å². The first-order chi connectivity index (χ1) is 12.6. The molecule has 0 atom stereocenters. The minimum atomic E-state index is -0.263. The van der Waals surface area contributed by atoms with Gasteiger partial charge in [-0.3, -0.25) is 9.89 Å². The van der Waals surface area contributed by atoms with E-state index < -0.39 is 0 Å². The molecule has 0 spiro atoms. The zero-order chi connectivity index (χ0) is 18.1. The molecule has 3 aromatic heterocycles. The summed E-state index contributed by atoms with van der Waals surface area (Å²) in [5.74, 6) is 1.19. The van der Waals surface area contributed by atoms with Gasteiger partial charge < -0.3 is 14.3 Å². The molecule has 1 aromatic carbocycles. The van der Waals surface area contributed by atoms with E-state index in [0.29, 0.717) is 23.7 Å². The highest BCUT2D eigenvalue weighted by atomic mass is 16.3. The number of aromatic nitrogens is 4. The number of benzene rings is 1. The van der Waals surface area contributed by atoms with E-state index >= 15 is 0 Å². The van der Waals surface area contributed by atoms with Crippen LogP contribution in [0.15, 0.2) is 53.1 Å². The zero-order valence-electron chi connectivity index (χ0n) is 14.6. The molecule has 26 heavy (non-hydrogen) atoms. The molecule has 0 saturated carbocycles. The van der Waals surface area contributed by atoms with Gasteiger partial charge in [-0.15, -0.1) is 0 Å². The second kappa shape index (κ2) is 6.51. The average molecular weight is 349 g/mol. The van der Waals surface area contributed by atoms with Gasteiger partial charge in [-0.25, -0.2) is 4.98 Å². The summed E-state index contributed by atoms with van der Waals surface area (Å²) in [5.41, 5.74) is 2.95. The summed E-state index contributed by atoms with van der Waals surface area (Å²) in [7, 11) is 0. The van der Waals surface area contributed by atoms with Gasteiger partial charge in [0.05, 0.1) is 23.8 Å². The van der Waals surface area contributed by atoms with Crippen molar-refractivity contribution >= 4 is 16.9 Å². The lowest BCUT2D eigenvalue weighted by Gasteiger charge is -2.13. The van der Waals surface area contributed by atoms with Crippen molar-refractivity contribution in [1.29, 1.82) is 0 Å². The zero-order valence-corrected chi connectivity index (χ0v) is 14.6. The lowest BCUT2D eigenvalue weighted by atomic mass is 10.3. The first kappa shape index (κ1) is 16.1.